The number of hydrogen-bond donors (Lipinski definition) is 0. The quantitative estimate of drug-likeness (QED) is 0.681. The van der Waals surface area contributed by atoms with E-state index in [0.29, 0.717) is 22.3 Å². The molecule has 0 saturated heterocycles. The molecule has 25 heavy (non-hydrogen) atoms. The zero-order valence-electron chi connectivity index (χ0n) is 14.7. The second-order valence-electron chi connectivity index (χ2n) is 6.79. The van der Waals surface area contributed by atoms with Gasteiger partial charge in [0.15, 0.2) is 11.4 Å². The summed E-state index contributed by atoms with van der Waals surface area (Å²) in [6.07, 6.45) is 2.90. The van der Waals surface area contributed by atoms with Crippen molar-refractivity contribution in [3.8, 4) is 5.75 Å². The molecule has 3 aromatic rings. The minimum Gasteiger partial charge on any atom is -0.497 e. The van der Waals surface area contributed by atoms with E-state index in [4.69, 9.17) is 4.74 Å². The molecule has 0 bridgehead atoms. The van der Waals surface area contributed by atoms with Crippen LogP contribution in [-0.4, -0.2) is 32.2 Å². The lowest BCUT2D eigenvalue weighted by Gasteiger charge is -2.19. The highest BCUT2D eigenvalue weighted by Crippen LogP contribution is 2.18. The van der Waals surface area contributed by atoms with Crippen LogP contribution < -0.4 is 10.3 Å². The van der Waals surface area contributed by atoms with Crippen molar-refractivity contribution in [2.45, 2.75) is 32.9 Å². The summed E-state index contributed by atoms with van der Waals surface area (Å²) in [6, 6.07) is 6.78. The van der Waals surface area contributed by atoms with E-state index in [9.17, 15) is 9.59 Å². The van der Waals surface area contributed by atoms with E-state index >= 15 is 0 Å². The van der Waals surface area contributed by atoms with Gasteiger partial charge in [-0.05, 0) is 45.0 Å². The van der Waals surface area contributed by atoms with Crippen LogP contribution in [0, 0.1) is 0 Å². The van der Waals surface area contributed by atoms with Crippen LogP contribution in [-0.2, 0) is 12.1 Å². The van der Waals surface area contributed by atoms with E-state index in [-0.39, 0.29) is 23.4 Å². The third-order valence-electron chi connectivity index (χ3n) is 3.92. The summed E-state index contributed by atoms with van der Waals surface area (Å²) in [4.78, 5) is 29.4. The molecular formula is C18H20N4O3. The minimum atomic E-state index is -0.285. The fourth-order valence-corrected chi connectivity index (χ4v) is 2.58. The molecule has 0 spiro atoms. The highest BCUT2D eigenvalue weighted by atomic mass is 16.5. The highest BCUT2D eigenvalue weighted by molar-refractivity contribution is 5.96. The molecule has 7 heteroatoms. The third kappa shape index (κ3) is 3.17. The summed E-state index contributed by atoms with van der Waals surface area (Å²) in [5, 5.41) is 4.67. The van der Waals surface area contributed by atoms with Gasteiger partial charge in [-0.1, -0.05) is 0 Å². The number of carbonyl (C=O) groups excluding carboxylic acids is 1. The first kappa shape index (κ1) is 16.9. The van der Waals surface area contributed by atoms with Crippen molar-refractivity contribution < 1.29 is 9.53 Å². The van der Waals surface area contributed by atoms with E-state index in [1.807, 2.05) is 20.8 Å². The Morgan fingerprint density at radius 1 is 1.20 bits per heavy atom. The average molecular weight is 340 g/mol. The van der Waals surface area contributed by atoms with Crippen LogP contribution >= 0.6 is 0 Å². The summed E-state index contributed by atoms with van der Waals surface area (Å²) in [5.74, 6) is 0.500. The number of nitrogens with zero attached hydrogens (tertiary/aromatic N) is 4. The van der Waals surface area contributed by atoms with Gasteiger partial charge in [0, 0.05) is 5.56 Å². The van der Waals surface area contributed by atoms with E-state index in [2.05, 4.69) is 10.1 Å². The fraction of sp³-hybridized carbons (Fsp3) is 0.333. The number of rotatable bonds is 4. The average Bonchev–Trinajstić information content (AvgIpc) is 3.02. The maximum absolute atomic E-state index is 12.6. The molecule has 0 aliphatic heterocycles. The Morgan fingerprint density at radius 2 is 1.88 bits per heavy atom. The maximum atomic E-state index is 12.6. The topological polar surface area (TPSA) is 79.0 Å². The van der Waals surface area contributed by atoms with Gasteiger partial charge in [-0.25, -0.2) is 9.67 Å². The predicted molar refractivity (Wildman–Crippen MR) is 94.1 cm³/mol. The van der Waals surface area contributed by atoms with Gasteiger partial charge in [-0.3, -0.25) is 14.2 Å². The van der Waals surface area contributed by atoms with Crippen molar-refractivity contribution in [2.75, 3.05) is 7.11 Å². The number of aromatic nitrogens is 4. The van der Waals surface area contributed by atoms with Gasteiger partial charge in [0.05, 0.1) is 25.4 Å². The molecule has 0 unspecified atom stereocenters. The number of ketones is 1. The van der Waals surface area contributed by atoms with Crippen molar-refractivity contribution in [1.29, 1.82) is 0 Å². The monoisotopic (exact) mass is 340 g/mol. The molecule has 2 aromatic heterocycles. The Hall–Kier alpha value is -2.96. The van der Waals surface area contributed by atoms with Crippen molar-refractivity contribution in [3.05, 3.63) is 52.7 Å². The van der Waals surface area contributed by atoms with Crippen LogP contribution in [0.3, 0.4) is 0 Å². The Labute approximate surface area is 144 Å². The van der Waals surface area contributed by atoms with Crippen molar-refractivity contribution in [3.63, 3.8) is 0 Å². The largest absolute Gasteiger partial charge is 0.497 e. The fourth-order valence-electron chi connectivity index (χ4n) is 2.58. The first-order valence-corrected chi connectivity index (χ1v) is 7.92. The van der Waals surface area contributed by atoms with Gasteiger partial charge in [-0.2, -0.15) is 5.10 Å². The second-order valence-corrected chi connectivity index (χ2v) is 6.79. The van der Waals surface area contributed by atoms with E-state index < -0.39 is 0 Å². The summed E-state index contributed by atoms with van der Waals surface area (Å²) in [5.41, 5.74) is 0.470. The molecule has 0 aliphatic rings. The molecular weight excluding hydrogens is 320 g/mol. The SMILES string of the molecule is COc1ccc(C(=O)Cn2cnc3c(cnn3C(C)(C)C)c2=O)cc1. The van der Waals surface area contributed by atoms with E-state index in [1.165, 1.54) is 17.1 Å². The van der Waals surface area contributed by atoms with Gasteiger partial charge in [0.1, 0.15) is 17.5 Å². The summed E-state index contributed by atoms with van der Waals surface area (Å²) < 4.78 is 8.10. The zero-order valence-corrected chi connectivity index (χ0v) is 14.7. The minimum absolute atomic E-state index is 0.0746. The van der Waals surface area contributed by atoms with Crippen LogP contribution in [0.5, 0.6) is 5.75 Å². The Morgan fingerprint density at radius 3 is 2.48 bits per heavy atom. The molecule has 7 nitrogen and oxygen atoms in total. The lowest BCUT2D eigenvalue weighted by atomic mass is 10.1. The first-order chi connectivity index (χ1) is 11.8. The van der Waals surface area contributed by atoms with Crippen molar-refractivity contribution in [2.24, 2.45) is 0 Å². The molecule has 3 rings (SSSR count). The third-order valence-corrected chi connectivity index (χ3v) is 3.92. The zero-order chi connectivity index (χ0) is 18.2. The number of ether oxygens (including phenoxy) is 1. The van der Waals surface area contributed by atoms with Crippen molar-refractivity contribution in [1.82, 2.24) is 19.3 Å². The normalized spacial score (nSPS) is 11.7. The summed E-state index contributed by atoms with van der Waals surface area (Å²) >= 11 is 0. The van der Waals surface area contributed by atoms with Crippen LogP contribution in [0.25, 0.3) is 11.0 Å². The Balaban J connectivity index is 1.92. The van der Waals surface area contributed by atoms with E-state index in [1.54, 1.807) is 36.1 Å². The van der Waals surface area contributed by atoms with Gasteiger partial charge in [0.2, 0.25) is 0 Å². The predicted octanol–water partition coefficient (Wildman–Crippen LogP) is 2.24. The smallest absolute Gasteiger partial charge is 0.264 e. The van der Waals surface area contributed by atoms with Gasteiger partial charge in [-0.15, -0.1) is 0 Å². The van der Waals surface area contributed by atoms with Gasteiger partial charge >= 0.3 is 0 Å². The van der Waals surface area contributed by atoms with E-state index in [0.717, 1.165) is 0 Å². The molecule has 0 saturated carbocycles. The maximum Gasteiger partial charge on any atom is 0.264 e. The molecule has 130 valence electrons. The standard InChI is InChI=1S/C18H20N4O3/c1-18(2,3)22-16-14(9-20-22)17(24)21(11-19-16)10-15(23)12-5-7-13(25-4)8-6-12/h5-9,11H,10H2,1-4H3. The Bertz CT molecular complexity index is 978. The van der Waals surface area contributed by atoms with Crippen LogP contribution in [0.1, 0.15) is 31.1 Å². The molecule has 0 atom stereocenters. The number of fused-ring (bicyclic) bond motifs is 1. The number of hydrogen-bond acceptors (Lipinski definition) is 5. The molecule has 2 heterocycles. The number of carbonyl (C=O) groups is 1. The molecule has 0 N–H and O–H groups in total. The lowest BCUT2D eigenvalue weighted by Crippen LogP contribution is -2.27. The Kier molecular flexibility index (Phi) is 4.16. The van der Waals surface area contributed by atoms with Crippen molar-refractivity contribution >= 4 is 16.8 Å². The second kappa shape index (κ2) is 6.16. The van der Waals surface area contributed by atoms with Crippen LogP contribution in [0.4, 0.5) is 0 Å². The lowest BCUT2D eigenvalue weighted by molar-refractivity contribution is 0.0970. The van der Waals surface area contributed by atoms with Crippen LogP contribution in [0.2, 0.25) is 0 Å². The van der Waals surface area contributed by atoms with Gasteiger partial charge in [0.25, 0.3) is 5.56 Å². The number of benzene rings is 1. The molecule has 1 aromatic carbocycles. The molecule has 0 radical (unpaired) electrons. The summed E-state index contributed by atoms with van der Waals surface area (Å²) in [7, 11) is 1.56. The first-order valence-electron chi connectivity index (χ1n) is 7.92. The number of Topliss-reactive ketones (excluding diaryl/α,β-unsaturated/α-hetero) is 1. The molecule has 0 aliphatic carbocycles. The number of methoxy groups -OCH3 is 1. The van der Waals surface area contributed by atoms with Crippen LogP contribution in [0.15, 0.2) is 41.6 Å². The summed E-state index contributed by atoms with van der Waals surface area (Å²) in [6.45, 7) is 5.88. The molecule has 0 fully saturated rings. The van der Waals surface area contributed by atoms with Gasteiger partial charge < -0.3 is 4.74 Å². The molecule has 0 amide bonds. The highest BCUT2D eigenvalue weighted by Gasteiger charge is 2.20.